The third kappa shape index (κ3) is 4.01. The first-order chi connectivity index (χ1) is 13.2. The predicted molar refractivity (Wildman–Crippen MR) is 117 cm³/mol. The van der Waals surface area contributed by atoms with Crippen molar-refractivity contribution in [3.63, 3.8) is 0 Å². The molecule has 4 aliphatic carbocycles. The van der Waals surface area contributed by atoms with Gasteiger partial charge in [-0.15, -0.1) is 0 Å². The van der Waals surface area contributed by atoms with Gasteiger partial charge in [0.25, 0.3) is 0 Å². The first-order valence-electron chi connectivity index (χ1n) is 12.3. The van der Waals surface area contributed by atoms with Gasteiger partial charge in [-0.1, -0.05) is 51.0 Å². The van der Waals surface area contributed by atoms with E-state index in [0.717, 1.165) is 22.7 Å². The number of aryl methyl sites for hydroxylation is 1. The Bertz CT molecular complexity index is 562. The van der Waals surface area contributed by atoms with Crippen LogP contribution in [0.25, 0.3) is 0 Å². The minimum absolute atomic E-state index is 0.754. The van der Waals surface area contributed by atoms with E-state index in [1.54, 1.807) is 44.1 Å². The lowest BCUT2D eigenvalue weighted by atomic mass is 9.47. The highest BCUT2D eigenvalue weighted by molar-refractivity contribution is 5.26. The summed E-state index contributed by atoms with van der Waals surface area (Å²) < 4.78 is 0. The second kappa shape index (κ2) is 8.30. The normalized spacial score (nSPS) is 36.1. The van der Waals surface area contributed by atoms with Gasteiger partial charge in [0.15, 0.2) is 0 Å². The summed E-state index contributed by atoms with van der Waals surface area (Å²) in [5, 5.41) is 0. The Labute approximate surface area is 168 Å². The van der Waals surface area contributed by atoms with Crippen LogP contribution < -0.4 is 0 Å². The lowest BCUT2D eigenvalue weighted by Crippen LogP contribution is -2.46. The van der Waals surface area contributed by atoms with Crippen LogP contribution in [-0.2, 0) is 6.42 Å². The average Bonchev–Trinajstić information content (AvgIpc) is 2.74. The van der Waals surface area contributed by atoms with E-state index in [1.165, 1.54) is 63.4 Å². The Morgan fingerprint density at radius 3 is 1.96 bits per heavy atom. The van der Waals surface area contributed by atoms with Crippen LogP contribution in [-0.4, -0.2) is 0 Å². The summed E-state index contributed by atoms with van der Waals surface area (Å²) in [4.78, 5) is 0. The van der Waals surface area contributed by atoms with Gasteiger partial charge in [0.2, 0.25) is 0 Å². The van der Waals surface area contributed by atoms with Crippen molar-refractivity contribution in [3.8, 4) is 0 Å². The molecule has 0 amide bonds. The molecule has 1 aromatic rings. The largest absolute Gasteiger partial charge is 0.0654 e. The number of rotatable bonds is 7. The zero-order valence-electron chi connectivity index (χ0n) is 18.1. The average molecular weight is 367 g/mol. The van der Waals surface area contributed by atoms with Gasteiger partial charge in [-0.25, -0.2) is 0 Å². The Balaban J connectivity index is 1.32. The van der Waals surface area contributed by atoms with Crippen molar-refractivity contribution >= 4 is 0 Å². The van der Waals surface area contributed by atoms with E-state index in [9.17, 15) is 0 Å². The van der Waals surface area contributed by atoms with Crippen LogP contribution in [0, 0.1) is 16.7 Å². The lowest BCUT2D eigenvalue weighted by molar-refractivity contribution is -0.0624. The summed E-state index contributed by atoms with van der Waals surface area (Å²) in [5.74, 6) is 1.88. The lowest BCUT2D eigenvalue weighted by Gasteiger charge is -2.58. The van der Waals surface area contributed by atoms with Crippen LogP contribution in [0.4, 0.5) is 0 Å². The molecule has 1 aromatic carbocycles. The fraction of sp³-hybridized carbons (Fsp3) is 0.778. The highest BCUT2D eigenvalue weighted by Crippen LogP contribution is 2.63. The third-order valence-electron chi connectivity index (χ3n) is 9.10. The zero-order valence-corrected chi connectivity index (χ0v) is 18.1. The van der Waals surface area contributed by atoms with E-state index in [-0.39, 0.29) is 0 Å². The molecule has 0 atom stereocenters. The third-order valence-corrected chi connectivity index (χ3v) is 9.10. The molecule has 0 aromatic heterocycles. The van der Waals surface area contributed by atoms with Crippen LogP contribution in [0.15, 0.2) is 24.3 Å². The van der Waals surface area contributed by atoms with Gasteiger partial charge in [-0.05, 0) is 117 Å². The van der Waals surface area contributed by atoms with Crippen LogP contribution in [0.3, 0.4) is 0 Å². The van der Waals surface area contributed by atoms with E-state index in [4.69, 9.17) is 0 Å². The number of benzene rings is 1. The SMILES string of the molecule is CCCCc1ccc([C@H]2CC[C@H](C34CCC(CCC)(CC3)CC4)CC2)cc1. The van der Waals surface area contributed by atoms with Crippen LogP contribution in [0.2, 0.25) is 0 Å². The molecule has 0 radical (unpaired) electrons. The van der Waals surface area contributed by atoms with Crippen molar-refractivity contribution in [2.24, 2.45) is 16.7 Å². The molecule has 0 heterocycles. The fourth-order valence-corrected chi connectivity index (χ4v) is 7.19. The maximum absolute atomic E-state index is 2.45. The van der Waals surface area contributed by atoms with Crippen molar-refractivity contribution in [1.82, 2.24) is 0 Å². The Morgan fingerprint density at radius 2 is 1.41 bits per heavy atom. The maximum Gasteiger partial charge on any atom is -0.0162 e. The van der Waals surface area contributed by atoms with Crippen LogP contribution in [0.5, 0.6) is 0 Å². The van der Waals surface area contributed by atoms with E-state index >= 15 is 0 Å². The van der Waals surface area contributed by atoms with E-state index in [2.05, 4.69) is 38.1 Å². The van der Waals surface area contributed by atoms with Crippen LogP contribution >= 0.6 is 0 Å². The van der Waals surface area contributed by atoms with Crippen molar-refractivity contribution in [2.75, 3.05) is 0 Å². The van der Waals surface area contributed by atoms with Gasteiger partial charge in [-0.3, -0.25) is 0 Å². The molecule has 150 valence electrons. The van der Waals surface area contributed by atoms with E-state index < -0.39 is 0 Å². The summed E-state index contributed by atoms with van der Waals surface area (Å²) in [6.45, 7) is 4.68. The summed E-state index contributed by atoms with van der Waals surface area (Å²) in [7, 11) is 0. The Hall–Kier alpha value is -0.780. The molecule has 0 N–H and O–H groups in total. The van der Waals surface area contributed by atoms with Gasteiger partial charge in [0, 0.05) is 0 Å². The smallest absolute Gasteiger partial charge is 0.0162 e. The first kappa shape index (κ1) is 19.5. The van der Waals surface area contributed by atoms with E-state index in [1.807, 2.05) is 0 Å². The monoisotopic (exact) mass is 366 g/mol. The summed E-state index contributed by atoms with van der Waals surface area (Å²) in [5.41, 5.74) is 4.69. The molecule has 0 nitrogen and oxygen atoms in total. The van der Waals surface area contributed by atoms with Crippen molar-refractivity contribution in [3.05, 3.63) is 35.4 Å². The highest BCUT2D eigenvalue weighted by Gasteiger charge is 2.51. The first-order valence-corrected chi connectivity index (χ1v) is 12.3. The summed E-state index contributed by atoms with van der Waals surface area (Å²) in [6, 6.07) is 9.72. The molecular formula is C27H42. The molecule has 4 fully saturated rings. The predicted octanol–water partition coefficient (Wildman–Crippen LogP) is 8.44. The second-order valence-electron chi connectivity index (χ2n) is 10.5. The molecule has 27 heavy (non-hydrogen) atoms. The van der Waals surface area contributed by atoms with Gasteiger partial charge in [0.1, 0.15) is 0 Å². The van der Waals surface area contributed by atoms with Crippen molar-refractivity contribution in [2.45, 2.75) is 116 Å². The number of hydrogen-bond donors (Lipinski definition) is 0. The molecule has 0 saturated heterocycles. The zero-order chi connectivity index (χ0) is 18.7. The molecule has 0 heteroatoms. The van der Waals surface area contributed by atoms with Crippen molar-refractivity contribution in [1.29, 1.82) is 0 Å². The molecular weight excluding hydrogens is 324 g/mol. The quantitative estimate of drug-likeness (QED) is 0.454. The summed E-state index contributed by atoms with van der Waals surface area (Å²) >= 11 is 0. The molecule has 0 aliphatic heterocycles. The Morgan fingerprint density at radius 1 is 0.778 bits per heavy atom. The molecule has 4 aliphatic rings. The highest BCUT2D eigenvalue weighted by atomic mass is 14.6. The molecule has 4 saturated carbocycles. The van der Waals surface area contributed by atoms with Crippen LogP contribution in [0.1, 0.15) is 121 Å². The number of fused-ring (bicyclic) bond motifs is 3. The van der Waals surface area contributed by atoms with Gasteiger partial charge >= 0.3 is 0 Å². The number of hydrogen-bond acceptors (Lipinski definition) is 0. The second-order valence-corrected chi connectivity index (χ2v) is 10.5. The standard InChI is InChI=1S/C27H42/c1-3-5-6-22-7-9-23(10-8-22)24-11-13-25(14-12-24)27-19-16-26(15-4-2,17-20-27)18-21-27/h7-10,24-25H,3-6,11-21H2,1-2H3/t24-,25-,26?,27?. The molecule has 0 unspecified atom stereocenters. The molecule has 2 bridgehead atoms. The molecule has 5 rings (SSSR count). The van der Waals surface area contributed by atoms with E-state index in [0.29, 0.717) is 0 Å². The maximum atomic E-state index is 2.45. The van der Waals surface area contributed by atoms with Gasteiger partial charge < -0.3 is 0 Å². The summed E-state index contributed by atoms with van der Waals surface area (Å²) in [6.07, 6.45) is 22.0. The van der Waals surface area contributed by atoms with Gasteiger partial charge in [-0.2, -0.15) is 0 Å². The minimum atomic E-state index is 0.754. The number of unbranched alkanes of at least 4 members (excludes halogenated alkanes) is 1. The van der Waals surface area contributed by atoms with Gasteiger partial charge in [0.05, 0.1) is 0 Å². The minimum Gasteiger partial charge on any atom is -0.0654 e. The molecule has 0 spiro atoms. The fourth-order valence-electron chi connectivity index (χ4n) is 7.19. The Kier molecular flexibility index (Phi) is 6.00. The topological polar surface area (TPSA) is 0 Å². The van der Waals surface area contributed by atoms with Crippen molar-refractivity contribution < 1.29 is 0 Å².